The molecule has 3 fully saturated rings. The summed E-state index contributed by atoms with van der Waals surface area (Å²) in [5, 5.41) is 7.61. The normalized spacial score (nSPS) is 39.4. The first-order chi connectivity index (χ1) is 10.4. The van der Waals surface area contributed by atoms with Gasteiger partial charge in [-0.3, -0.25) is 0 Å². The molecule has 0 amide bonds. The Hall–Kier alpha value is 0.170. The monoisotopic (exact) mass is 330 g/mol. The first-order valence-corrected chi connectivity index (χ1v) is 9.41. The van der Waals surface area contributed by atoms with Gasteiger partial charge in [0.15, 0.2) is 0 Å². The van der Waals surface area contributed by atoms with Crippen LogP contribution in [-0.2, 0) is 4.74 Å². The van der Waals surface area contributed by atoms with E-state index in [9.17, 15) is 0 Å². The Balaban J connectivity index is 0.00000176. The van der Waals surface area contributed by atoms with E-state index in [4.69, 9.17) is 4.74 Å². The van der Waals surface area contributed by atoms with E-state index in [1.807, 2.05) is 0 Å². The molecule has 2 saturated carbocycles. The number of hydrogen-bond donors (Lipinski definition) is 2. The third-order valence-electron chi connectivity index (χ3n) is 6.25. The van der Waals surface area contributed by atoms with Gasteiger partial charge in [0.05, 0.1) is 13.2 Å². The largest absolute Gasteiger partial charge is 0.379 e. The van der Waals surface area contributed by atoms with Crippen molar-refractivity contribution in [3.63, 3.8) is 0 Å². The van der Waals surface area contributed by atoms with Crippen LogP contribution in [0.15, 0.2) is 0 Å². The fourth-order valence-electron chi connectivity index (χ4n) is 4.75. The van der Waals surface area contributed by atoms with Crippen LogP contribution in [0.5, 0.6) is 0 Å². The standard InChI is InChI=1S/C18H34N2O.ClH/c1-2-14-6-8-15(9-7-14)12-20-17-5-3-4-16(17)18-13-21-11-10-19-18;/h14-20H,2-13H2,1H3;1H. The Morgan fingerprint density at radius 3 is 2.50 bits per heavy atom. The molecular weight excluding hydrogens is 296 g/mol. The zero-order valence-electron chi connectivity index (χ0n) is 14.2. The van der Waals surface area contributed by atoms with Gasteiger partial charge in [-0.2, -0.15) is 0 Å². The number of rotatable bonds is 5. The van der Waals surface area contributed by atoms with Crippen LogP contribution in [0.4, 0.5) is 0 Å². The van der Waals surface area contributed by atoms with Crippen LogP contribution < -0.4 is 10.6 Å². The summed E-state index contributed by atoms with van der Waals surface area (Å²) in [7, 11) is 0. The molecule has 130 valence electrons. The Kier molecular flexibility index (Phi) is 7.96. The van der Waals surface area contributed by atoms with Gasteiger partial charge < -0.3 is 15.4 Å². The maximum atomic E-state index is 5.67. The predicted octanol–water partition coefficient (Wildman–Crippen LogP) is 3.37. The lowest BCUT2D eigenvalue weighted by atomic mass is 9.80. The molecule has 0 radical (unpaired) electrons. The van der Waals surface area contributed by atoms with Crippen molar-refractivity contribution in [2.45, 2.75) is 70.4 Å². The first-order valence-electron chi connectivity index (χ1n) is 9.41. The third kappa shape index (κ3) is 4.83. The SMILES string of the molecule is CCC1CCC(CNC2CCCC2C2COCCN2)CC1.Cl. The quantitative estimate of drug-likeness (QED) is 0.811. The molecule has 0 aromatic rings. The van der Waals surface area contributed by atoms with Crippen molar-refractivity contribution in [2.24, 2.45) is 17.8 Å². The summed E-state index contributed by atoms with van der Waals surface area (Å²) in [4.78, 5) is 0. The molecular formula is C18H35ClN2O. The average molecular weight is 331 g/mol. The average Bonchev–Trinajstić information content (AvgIpc) is 3.03. The van der Waals surface area contributed by atoms with Gasteiger partial charge in [0.1, 0.15) is 0 Å². The van der Waals surface area contributed by atoms with Crippen molar-refractivity contribution in [3.05, 3.63) is 0 Å². The van der Waals surface area contributed by atoms with E-state index in [1.165, 1.54) is 57.9 Å². The molecule has 1 saturated heterocycles. The second kappa shape index (κ2) is 9.46. The summed E-state index contributed by atoms with van der Waals surface area (Å²) in [6.45, 7) is 6.46. The van der Waals surface area contributed by atoms with Crippen molar-refractivity contribution in [1.29, 1.82) is 0 Å². The van der Waals surface area contributed by atoms with Gasteiger partial charge in [-0.05, 0) is 50.0 Å². The number of morpholine rings is 1. The highest BCUT2D eigenvalue weighted by molar-refractivity contribution is 5.85. The lowest BCUT2D eigenvalue weighted by Gasteiger charge is -2.34. The minimum atomic E-state index is 0. The Morgan fingerprint density at radius 1 is 1.05 bits per heavy atom. The van der Waals surface area contributed by atoms with Gasteiger partial charge >= 0.3 is 0 Å². The van der Waals surface area contributed by atoms with E-state index in [0.717, 1.165) is 43.6 Å². The fourth-order valence-corrected chi connectivity index (χ4v) is 4.75. The van der Waals surface area contributed by atoms with Gasteiger partial charge in [0.25, 0.3) is 0 Å². The summed E-state index contributed by atoms with van der Waals surface area (Å²) in [5.74, 6) is 2.74. The van der Waals surface area contributed by atoms with Crippen molar-refractivity contribution in [1.82, 2.24) is 10.6 Å². The summed E-state index contributed by atoms with van der Waals surface area (Å²) in [6, 6.07) is 1.32. The highest BCUT2D eigenvalue weighted by Gasteiger charge is 2.34. The summed E-state index contributed by atoms with van der Waals surface area (Å²) < 4.78 is 5.67. The van der Waals surface area contributed by atoms with Gasteiger partial charge in [-0.1, -0.05) is 32.6 Å². The zero-order valence-corrected chi connectivity index (χ0v) is 15.0. The molecule has 22 heavy (non-hydrogen) atoms. The van der Waals surface area contributed by atoms with Crippen LogP contribution in [0.1, 0.15) is 58.3 Å². The highest BCUT2D eigenvalue weighted by Crippen LogP contribution is 2.32. The maximum absolute atomic E-state index is 5.67. The van der Waals surface area contributed by atoms with Crippen LogP contribution in [0.25, 0.3) is 0 Å². The zero-order chi connectivity index (χ0) is 14.5. The maximum Gasteiger partial charge on any atom is 0.0623 e. The number of ether oxygens (including phenoxy) is 1. The van der Waals surface area contributed by atoms with Crippen LogP contribution in [0, 0.1) is 17.8 Å². The van der Waals surface area contributed by atoms with Gasteiger partial charge in [-0.25, -0.2) is 0 Å². The van der Waals surface area contributed by atoms with Crippen LogP contribution in [0.2, 0.25) is 0 Å². The molecule has 0 aromatic heterocycles. The summed E-state index contributed by atoms with van der Waals surface area (Å²) >= 11 is 0. The summed E-state index contributed by atoms with van der Waals surface area (Å²) in [5.41, 5.74) is 0. The molecule has 3 rings (SSSR count). The minimum absolute atomic E-state index is 0. The second-order valence-electron chi connectivity index (χ2n) is 7.54. The molecule has 3 nitrogen and oxygen atoms in total. The molecule has 2 aliphatic carbocycles. The van der Waals surface area contributed by atoms with Crippen LogP contribution in [-0.4, -0.2) is 38.4 Å². The van der Waals surface area contributed by atoms with Crippen molar-refractivity contribution < 1.29 is 4.74 Å². The minimum Gasteiger partial charge on any atom is -0.379 e. The molecule has 0 aromatic carbocycles. The van der Waals surface area contributed by atoms with E-state index in [1.54, 1.807) is 0 Å². The number of halogens is 1. The Labute approximate surface area is 142 Å². The molecule has 2 N–H and O–H groups in total. The lowest BCUT2D eigenvalue weighted by molar-refractivity contribution is 0.0520. The highest BCUT2D eigenvalue weighted by atomic mass is 35.5. The smallest absolute Gasteiger partial charge is 0.0623 e. The van der Waals surface area contributed by atoms with Crippen LogP contribution in [0.3, 0.4) is 0 Å². The lowest BCUT2D eigenvalue weighted by Crippen LogP contribution is -2.51. The molecule has 4 heteroatoms. The molecule has 1 heterocycles. The molecule has 0 spiro atoms. The Bertz CT molecular complexity index is 301. The molecule has 0 bridgehead atoms. The van der Waals surface area contributed by atoms with E-state index in [0.29, 0.717) is 6.04 Å². The van der Waals surface area contributed by atoms with E-state index < -0.39 is 0 Å². The predicted molar refractivity (Wildman–Crippen MR) is 94.7 cm³/mol. The molecule has 3 atom stereocenters. The molecule has 3 unspecified atom stereocenters. The van der Waals surface area contributed by atoms with Crippen molar-refractivity contribution in [3.8, 4) is 0 Å². The fraction of sp³-hybridized carbons (Fsp3) is 1.00. The second-order valence-corrected chi connectivity index (χ2v) is 7.54. The van der Waals surface area contributed by atoms with E-state index in [2.05, 4.69) is 17.6 Å². The number of hydrogen-bond acceptors (Lipinski definition) is 3. The van der Waals surface area contributed by atoms with Crippen molar-refractivity contribution in [2.75, 3.05) is 26.3 Å². The van der Waals surface area contributed by atoms with Gasteiger partial charge in [0, 0.05) is 18.6 Å². The first kappa shape index (κ1) is 18.5. The number of nitrogens with one attached hydrogen (secondary N) is 2. The van der Waals surface area contributed by atoms with Gasteiger partial charge in [0.2, 0.25) is 0 Å². The molecule has 3 aliphatic rings. The molecule has 1 aliphatic heterocycles. The van der Waals surface area contributed by atoms with Crippen molar-refractivity contribution >= 4 is 12.4 Å². The third-order valence-corrected chi connectivity index (χ3v) is 6.25. The van der Waals surface area contributed by atoms with E-state index in [-0.39, 0.29) is 12.4 Å². The summed E-state index contributed by atoms with van der Waals surface area (Å²) in [6.07, 6.45) is 11.4. The Morgan fingerprint density at radius 2 is 1.82 bits per heavy atom. The van der Waals surface area contributed by atoms with E-state index >= 15 is 0 Å². The van der Waals surface area contributed by atoms with Crippen LogP contribution >= 0.6 is 12.4 Å². The topological polar surface area (TPSA) is 33.3 Å². The van der Waals surface area contributed by atoms with Gasteiger partial charge in [-0.15, -0.1) is 12.4 Å².